The van der Waals surface area contributed by atoms with Crippen LogP contribution >= 0.6 is 0 Å². The van der Waals surface area contributed by atoms with Crippen LogP contribution in [0.5, 0.6) is 5.75 Å². The molecule has 0 heterocycles. The minimum absolute atomic E-state index is 0.271. The molecular weight excluding hydrogens is 226 g/mol. The number of hydrogen-bond donors (Lipinski definition) is 0. The van der Waals surface area contributed by atoms with Gasteiger partial charge in [-0.2, -0.15) is 0 Å². The highest BCUT2D eigenvalue weighted by Gasteiger charge is 2.15. The van der Waals surface area contributed by atoms with Gasteiger partial charge in [-0.25, -0.2) is 4.79 Å². The molecule has 0 saturated heterocycles. The van der Waals surface area contributed by atoms with Crippen LogP contribution in [-0.4, -0.2) is 24.1 Å². The summed E-state index contributed by atoms with van der Waals surface area (Å²) >= 11 is 0. The maximum Gasteiger partial charge on any atom is 0.415 e. The zero-order valence-corrected chi connectivity index (χ0v) is 12.0. The summed E-state index contributed by atoms with van der Waals surface area (Å²) < 4.78 is 5.52. The fourth-order valence-corrected chi connectivity index (χ4v) is 1.85. The SMILES string of the molecule is CCN(CC)C(=O)Oc1cc(C)ccc1C(C)C. The van der Waals surface area contributed by atoms with Crippen LogP contribution in [0.2, 0.25) is 0 Å². The molecule has 0 radical (unpaired) electrons. The second-order valence-corrected chi connectivity index (χ2v) is 4.74. The summed E-state index contributed by atoms with van der Waals surface area (Å²) in [5.41, 5.74) is 2.17. The lowest BCUT2D eigenvalue weighted by atomic mass is 10.0. The molecule has 100 valence electrons. The molecule has 0 atom stereocenters. The number of amides is 1. The van der Waals surface area contributed by atoms with Gasteiger partial charge in [0.25, 0.3) is 0 Å². The Morgan fingerprint density at radius 1 is 1.28 bits per heavy atom. The van der Waals surface area contributed by atoms with Gasteiger partial charge in [-0.05, 0) is 43.9 Å². The van der Waals surface area contributed by atoms with Gasteiger partial charge in [0.2, 0.25) is 0 Å². The molecule has 0 saturated carbocycles. The molecule has 0 spiro atoms. The minimum Gasteiger partial charge on any atom is -0.410 e. The van der Waals surface area contributed by atoms with Crippen molar-refractivity contribution in [2.75, 3.05) is 13.1 Å². The number of ether oxygens (including phenoxy) is 1. The van der Waals surface area contributed by atoms with E-state index in [1.807, 2.05) is 39.0 Å². The van der Waals surface area contributed by atoms with Crippen molar-refractivity contribution < 1.29 is 9.53 Å². The molecule has 0 unspecified atom stereocenters. The second kappa shape index (κ2) is 6.43. The largest absolute Gasteiger partial charge is 0.415 e. The van der Waals surface area contributed by atoms with Gasteiger partial charge in [-0.3, -0.25) is 0 Å². The summed E-state index contributed by atoms with van der Waals surface area (Å²) in [7, 11) is 0. The lowest BCUT2D eigenvalue weighted by Gasteiger charge is -2.20. The van der Waals surface area contributed by atoms with Gasteiger partial charge >= 0.3 is 6.09 Å². The number of hydrogen-bond acceptors (Lipinski definition) is 2. The van der Waals surface area contributed by atoms with E-state index in [-0.39, 0.29) is 6.09 Å². The molecule has 1 aromatic rings. The molecule has 0 aliphatic rings. The Labute approximate surface area is 110 Å². The van der Waals surface area contributed by atoms with Crippen LogP contribution in [0.3, 0.4) is 0 Å². The Morgan fingerprint density at radius 3 is 2.39 bits per heavy atom. The van der Waals surface area contributed by atoms with E-state index in [9.17, 15) is 4.79 Å². The van der Waals surface area contributed by atoms with E-state index in [2.05, 4.69) is 13.8 Å². The normalized spacial score (nSPS) is 10.6. The van der Waals surface area contributed by atoms with Crippen molar-refractivity contribution in [3.05, 3.63) is 29.3 Å². The first kappa shape index (κ1) is 14.6. The summed E-state index contributed by atoms with van der Waals surface area (Å²) in [6.45, 7) is 11.4. The van der Waals surface area contributed by atoms with E-state index in [0.717, 1.165) is 11.1 Å². The first-order valence-corrected chi connectivity index (χ1v) is 6.56. The van der Waals surface area contributed by atoms with Crippen LogP contribution in [0.4, 0.5) is 4.79 Å². The fraction of sp³-hybridized carbons (Fsp3) is 0.533. The third-order valence-electron chi connectivity index (χ3n) is 3.01. The molecule has 0 N–H and O–H groups in total. The standard InChI is InChI=1S/C15H23NO2/c1-6-16(7-2)15(17)18-14-10-12(5)8-9-13(14)11(3)4/h8-11H,6-7H2,1-5H3. The number of carbonyl (C=O) groups is 1. The smallest absolute Gasteiger partial charge is 0.410 e. The molecule has 3 heteroatoms. The van der Waals surface area contributed by atoms with Gasteiger partial charge in [0.15, 0.2) is 0 Å². The van der Waals surface area contributed by atoms with Gasteiger partial charge < -0.3 is 9.64 Å². The van der Waals surface area contributed by atoms with Crippen LogP contribution < -0.4 is 4.74 Å². The van der Waals surface area contributed by atoms with Crippen LogP contribution in [0.15, 0.2) is 18.2 Å². The summed E-state index contributed by atoms with van der Waals surface area (Å²) in [5, 5.41) is 0. The van der Waals surface area contributed by atoms with Crippen molar-refractivity contribution in [1.29, 1.82) is 0 Å². The fourth-order valence-electron chi connectivity index (χ4n) is 1.85. The van der Waals surface area contributed by atoms with Crippen LogP contribution in [0, 0.1) is 6.92 Å². The van der Waals surface area contributed by atoms with E-state index in [1.54, 1.807) is 4.90 Å². The summed E-state index contributed by atoms with van der Waals surface area (Å²) in [4.78, 5) is 13.6. The molecule has 0 fully saturated rings. The number of benzene rings is 1. The predicted molar refractivity (Wildman–Crippen MR) is 74.2 cm³/mol. The number of nitrogens with zero attached hydrogens (tertiary/aromatic N) is 1. The van der Waals surface area contributed by atoms with Gasteiger partial charge in [0, 0.05) is 13.1 Å². The number of aryl methyl sites for hydroxylation is 1. The van der Waals surface area contributed by atoms with Crippen molar-refractivity contribution in [2.24, 2.45) is 0 Å². The Bertz CT molecular complexity index is 409. The number of rotatable bonds is 4. The van der Waals surface area contributed by atoms with Crippen molar-refractivity contribution in [2.45, 2.75) is 40.5 Å². The van der Waals surface area contributed by atoms with E-state index >= 15 is 0 Å². The molecule has 1 amide bonds. The van der Waals surface area contributed by atoms with Gasteiger partial charge in [-0.1, -0.05) is 26.0 Å². The molecule has 18 heavy (non-hydrogen) atoms. The lowest BCUT2D eigenvalue weighted by Crippen LogP contribution is -2.33. The van der Waals surface area contributed by atoms with Gasteiger partial charge in [0.05, 0.1) is 0 Å². The average molecular weight is 249 g/mol. The Morgan fingerprint density at radius 2 is 1.89 bits per heavy atom. The lowest BCUT2D eigenvalue weighted by molar-refractivity contribution is 0.156. The van der Waals surface area contributed by atoms with Gasteiger partial charge in [0.1, 0.15) is 5.75 Å². The van der Waals surface area contributed by atoms with Crippen molar-refractivity contribution in [1.82, 2.24) is 4.90 Å². The highest BCUT2D eigenvalue weighted by molar-refractivity contribution is 5.71. The van der Waals surface area contributed by atoms with Crippen LogP contribution in [0.1, 0.15) is 44.7 Å². The van der Waals surface area contributed by atoms with E-state index in [4.69, 9.17) is 4.74 Å². The molecule has 1 aromatic carbocycles. The maximum atomic E-state index is 12.0. The molecule has 0 aromatic heterocycles. The Kier molecular flexibility index (Phi) is 5.20. The van der Waals surface area contributed by atoms with E-state index in [1.165, 1.54) is 0 Å². The summed E-state index contributed by atoms with van der Waals surface area (Å²) in [6.07, 6.45) is -0.271. The number of carbonyl (C=O) groups excluding carboxylic acids is 1. The zero-order chi connectivity index (χ0) is 13.7. The van der Waals surface area contributed by atoms with Gasteiger partial charge in [-0.15, -0.1) is 0 Å². The third kappa shape index (κ3) is 3.49. The van der Waals surface area contributed by atoms with Crippen molar-refractivity contribution in [3.63, 3.8) is 0 Å². The molecule has 0 aliphatic heterocycles. The second-order valence-electron chi connectivity index (χ2n) is 4.74. The monoisotopic (exact) mass is 249 g/mol. The third-order valence-corrected chi connectivity index (χ3v) is 3.01. The average Bonchev–Trinajstić information content (AvgIpc) is 2.30. The molecular formula is C15H23NO2. The molecule has 1 rings (SSSR count). The minimum atomic E-state index is -0.271. The molecule has 0 aliphatic carbocycles. The zero-order valence-electron chi connectivity index (χ0n) is 12.0. The summed E-state index contributed by atoms with van der Waals surface area (Å²) in [6, 6.07) is 6.01. The first-order valence-electron chi connectivity index (χ1n) is 6.56. The first-order chi connectivity index (χ1) is 8.49. The Balaban J connectivity index is 2.95. The topological polar surface area (TPSA) is 29.5 Å². The summed E-state index contributed by atoms with van der Waals surface area (Å²) in [5.74, 6) is 1.02. The maximum absolute atomic E-state index is 12.0. The highest BCUT2D eigenvalue weighted by atomic mass is 16.6. The van der Waals surface area contributed by atoms with Crippen molar-refractivity contribution >= 4 is 6.09 Å². The van der Waals surface area contributed by atoms with Crippen LogP contribution in [-0.2, 0) is 0 Å². The highest BCUT2D eigenvalue weighted by Crippen LogP contribution is 2.27. The van der Waals surface area contributed by atoms with Crippen molar-refractivity contribution in [3.8, 4) is 5.75 Å². The molecule has 3 nitrogen and oxygen atoms in total. The van der Waals surface area contributed by atoms with E-state index < -0.39 is 0 Å². The molecule has 0 bridgehead atoms. The van der Waals surface area contributed by atoms with E-state index in [0.29, 0.717) is 24.8 Å². The Hall–Kier alpha value is -1.51. The quantitative estimate of drug-likeness (QED) is 0.808. The van der Waals surface area contributed by atoms with Crippen LogP contribution in [0.25, 0.3) is 0 Å². The predicted octanol–water partition coefficient (Wildman–Crippen LogP) is 3.96.